The average Bonchev–Trinajstić information content (AvgIpc) is 2.44. The molecule has 0 radical (unpaired) electrons. The molecule has 0 fully saturated rings. The molecule has 0 aromatic heterocycles. The molecule has 0 saturated heterocycles. The third-order valence-corrected chi connectivity index (χ3v) is 4.91. The summed E-state index contributed by atoms with van der Waals surface area (Å²) in [6.45, 7) is 10.5. The van der Waals surface area contributed by atoms with Crippen LogP contribution >= 0.6 is 0 Å². The molecule has 0 atom stereocenters. The molecule has 0 aliphatic carbocycles. The highest BCUT2D eigenvalue weighted by molar-refractivity contribution is 7.05. The minimum absolute atomic E-state index is 0.204. The molecule has 1 aromatic carbocycles. The predicted molar refractivity (Wildman–Crippen MR) is 93.8 cm³/mol. The zero-order valence-electron chi connectivity index (χ0n) is 14.2. The van der Waals surface area contributed by atoms with Crippen LogP contribution in [0.25, 0.3) is 6.08 Å². The van der Waals surface area contributed by atoms with Crippen LogP contribution in [0.4, 0.5) is 0 Å². The number of carbonyl (C=O) groups is 2. The highest BCUT2D eigenvalue weighted by Gasteiger charge is 2.26. The SMILES string of the molecule is CCCCOC(=O)/C=C\c1ccc(C)cc1C(=O)[Si](C)(C)C. The van der Waals surface area contributed by atoms with E-state index in [1.54, 1.807) is 6.08 Å². The first-order valence-corrected chi connectivity index (χ1v) is 11.3. The standard InChI is InChI=1S/C18H26O3Si/c1-6-7-12-21-17(19)11-10-15-9-8-14(2)13-16(15)18(20)22(3,4)5/h8-11,13H,6-7,12H2,1-5H3/b11-10-. The van der Waals surface area contributed by atoms with Gasteiger partial charge in [0.2, 0.25) is 0 Å². The lowest BCUT2D eigenvalue weighted by atomic mass is 10.0. The van der Waals surface area contributed by atoms with Crippen LogP contribution in [0.2, 0.25) is 19.6 Å². The van der Waals surface area contributed by atoms with Crippen molar-refractivity contribution in [2.45, 2.75) is 46.3 Å². The Labute approximate surface area is 134 Å². The fourth-order valence-electron chi connectivity index (χ4n) is 1.94. The quantitative estimate of drug-likeness (QED) is 0.324. The first-order valence-electron chi connectivity index (χ1n) is 7.76. The van der Waals surface area contributed by atoms with E-state index in [-0.39, 0.29) is 11.4 Å². The summed E-state index contributed by atoms with van der Waals surface area (Å²) in [4.78, 5) is 24.3. The Morgan fingerprint density at radius 3 is 2.50 bits per heavy atom. The van der Waals surface area contributed by atoms with E-state index in [4.69, 9.17) is 4.74 Å². The van der Waals surface area contributed by atoms with Gasteiger partial charge in [-0.1, -0.05) is 50.7 Å². The van der Waals surface area contributed by atoms with E-state index >= 15 is 0 Å². The Morgan fingerprint density at radius 1 is 1.23 bits per heavy atom. The van der Waals surface area contributed by atoms with Gasteiger partial charge in [-0.3, -0.25) is 0 Å². The Hall–Kier alpha value is -1.68. The molecule has 0 unspecified atom stereocenters. The number of esters is 1. The Bertz CT molecular complexity index is 568. The highest BCUT2D eigenvalue weighted by atomic mass is 28.3. The van der Waals surface area contributed by atoms with Gasteiger partial charge in [0.25, 0.3) is 0 Å². The molecule has 1 aromatic rings. The molecule has 3 nitrogen and oxygen atoms in total. The van der Waals surface area contributed by atoms with Crippen LogP contribution in [0, 0.1) is 6.92 Å². The van der Waals surface area contributed by atoms with Crippen molar-refractivity contribution in [2.75, 3.05) is 6.61 Å². The number of carbonyl (C=O) groups excluding carboxylic acids is 2. The minimum atomic E-state index is -1.93. The van der Waals surface area contributed by atoms with Gasteiger partial charge in [-0.2, -0.15) is 0 Å². The zero-order valence-corrected chi connectivity index (χ0v) is 15.2. The summed E-state index contributed by atoms with van der Waals surface area (Å²) in [5, 5.41) is 0.204. The van der Waals surface area contributed by atoms with E-state index < -0.39 is 8.07 Å². The molecule has 0 amide bonds. The molecule has 0 saturated carbocycles. The monoisotopic (exact) mass is 318 g/mol. The third-order valence-electron chi connectivity index (χ3n) is 3.28. The number of unbranched alkanes of at least 4 members (excludes halogenated alkanes) is 1. The van der Waals surface area contributed by atoms with Crippen molar-refractivity contribution >= 4 is 25.5 Å². The molecular weight excluding hydrogens is 292 g/mol. The topological polar surface area (TPSA) is 43.4 Å². The fourth-order valence-corrected chi connectivity index (χ4v) is 2.96. The number of benzene rings is 1. The van der Waals surface area contributed by atoms with E-state index in [9.17, 15) is 9.59 Å². The maximum atomic E-state index is 12.6. The molecule has 22 heavy (non-hydrogen) atoms. The van der Waals surface area contributed by atoms with Gasteiger partial charge in [0.1, 0.15) is 13.5 Å². The first-order chi connectivity index (χ1) is 10.3. The van der Waals surface area contributed by atoms with Crippen LogP contribution in [0.3, 0.4) is 0 Å². The Morgan fingerprint density at radius 2 is 1.91 bits per heavy atom. The summed E-state index contributed by atoms with van der Waals surface area (Å²) in [5.41, 5.74) is 2.53. The third kappa shape index (κ3) is 5.60. The van der Waals surface area contributed by atoms with Crippen molar-refractivity contribution in [3.05, 3.63) is 41.0 Å². The molecule has 0 N–H and O–H groups in total. The molecule has 0 heterocycles. The predicted octanol–water partition coefficient (Wildman–Crippen LogP) is 4.41. The number of rotatable bonds is 7. The van der Waals surface area contributed by atoms with Crippen LogP contribution in [0.15, 0.2) is 24.3 Å². The summed E-state index contributed by atoms with van der Waals surface area (Å²) in [6.07, 6.45) is 4.94. The largest absolute Gasteiger partial charge is 0.463 e. The molecule has 0 aliphatic heterocycles. The van der Waals surface area contributed by atoms with E-state index in [0.717, 1.165) is 24.0 Å². The molecule has 4 heteroatoms. The molecule has 0 bridgehead atoms. The van der Waals surface area contributed by atoms with Crippen molar-refractivity contribution in [1.29, 1.82) is 0 Å². The van der Waals surface area contributed by atoms with Crippen molar-refractivity contribution in [3.63, 3.8) is 0 Å². The van der Waals surface area contributed by atoms with Crippen LogP contribution in [-0.4, -0.2) is 26.1 Å². The Kier molecular flexibility index (Phi) is 6.75. The van der Waals surface area contributed by atoms with E-state index in [1.165, 1.54) is 6.08 Å². The van der Waals surface area contributed by atoms with Crippen molar-refractivity contribution in [2.24, 2.45) is 0 Å². The lowest BCUT2D eigenvalue weighted by molar-refractivity contribution is -0.137. The molecule has 0 spiro atoms. The minimum Gasteiger partial charge on any atom is -0.463 e. The van der Waals surface area contributed by atoms with Gasteiger partial charge in [0.15, 0.2) is 0 Å². The number of ether oxygens (including phenoxy) is 1. The van der Waals surface area contributed by atoms with Crippen molar-refractivity contribution < 1.29 is 14.3 Å². The maximum Gasteiger partial charge on any atom is 0.330 e. The van der Waals surface area contributed by atoms with E-state index in [1.807, 2.05) is 51.7 Å². The van der Waals surface area contributed by atoms with Crippen LogP contribution in [0.1, 0.15) is 41.3 Å². The molecule has 0 aliphatic rings. The lowest BCUT2D eigenvalue weighted by Crippen LogP contribution is -2.33. The summed E-state index contributed by atoms with van der Waals surface area (Å²) in [6, 6.07) is 5.74. The lowest BCUT2D eigenvalue weighted by Gasteiger charge is -2.16. The normalized spacial score (nSPS) is 11.7. The average molecular weight is 318 g/mol. The summed E-state index contributed by atoms with van der Waals surface area (Å²) >= 11 is 0. The van der Waals surface area contributed by atoms with Crippen molar-refractivity contribution in [3.8, 4) is 0 Å². The molecular formula is C18H26O3Si. The van der Waals surface area contributed by atoms with Gasteiger partial charge in [-0.25, -0.2) is 4.79 Å². The van der Waals surface area contributed by atoms with Crippen molar-refractivity contribution in [1.82, 2.24) is 0 Å². The second-order valence-corrected chi connectivity index (χ2v) is 11.5. The maximum absolute atomic E-state index is 12.6. The first kappa shape index (κ1) is 18.4. The highest BCUT2D eigenvalue weighted by Crippen LogP contribution is 2.19. The fraction of sp³-hybridized carbons (Fsp3) is 0.444. The molecule has 1 rings (SSSR count). The van der Waals surface area contributed by atoms with Crippen LogP contribution < -0.4 is 0 Å². The number of hydrogen-bond donors (Lipinski definition) is 0. The summed E-state index contributed by atoms with van der Waals surface area (Å²) < 4.78 is 5.09. The van der Waals surface area contributed by atoms with Gasteiger partial charge >= 0.3 is 5.97 Å². The number of hydrogen-bond acceptors (Lipinski definition) is 3. The van der Waals surface area contributed by atoms with E-state index in [2.05, 4.69) is 0 Å². The summed E-state index contributed by atoms with van der Waals surface area (Å²) in [7, 11) is -1.93. The van der Waals surface area contributed by atoms with Gasteiger partial charge < -0.3 is 9.53 Å². The van der Waals surface area contributed by atoms with Crippen LogP contribution in [0.5, 0.6) is 0 Å². The number of aryl methyl sites for hydroxylation is 1. The van der Waals surface area contributed by atoms with Gasteiger partial charge in [0.05, 0.1) is 6.61 Å². The second kappa shape index (κ2) is 8.08. The Balaban J connectivity index is 2.96. The van der Waals surface area contributed by atoms with Gasteiger partial charge in [-0.15, -0.1) is 0 Å². The second-order valence-electron chi connectivity index (χ2n) is 6.52. The zero-order chi connectivity index (χ0) is 16.8. The van der Waals surface area contributed by atoms with Crippen LogP contribution in [-0.2, 0) is 9.53 Å². The van der Waals surface area contributed by atoms with Gasteiger partial charge in [0, 0.05) is 11.6 Å². The van der Waals surface area contributed by atoms with Gasteiger partial charge in [-0.05, 0) is 31.1 Å². The molecule has 120 valence electrons. The smallest absolute Gasteiger partial charge is 0.330 e. The summed E-state index contributed by atoms with van der Waals surface area (Å²) in [5.74, 6) is -0.361. The van der Waals surface area contributed by atoms with E-state index in [0.29, 0.717) is 12.2 Å².